The molecule has 2 aliphatic rings. The van der Waals surface area contributed by atoms with Crippen molar-refractivity contribution in [2.45, 2.75) is 56.8 Å². The lowest BCUT2D eigenvalue weighted by atomic mass is 9.74. The molecule has 0 radical (unpaired) electrons. The van der Waals surface area contributed by atoms with Crippen molar-refractivity contribution in [2.75, 3.05) is 18.5 Å². The predicted molar refractivity (Wildman–Crippen MR) is 151 cm³/mol. The fraction of sp³-hybridized carbons (Fsp3) is 0.414. The first-order valence-electron chi connectivity index (χ1n) is 13.4. The third-order valence-electron chi connectivity index (χ3n) is 7.66. The van der Waals surface area contributed by atoms with Crippen molar-refractivity contribution in [3.05, 3.63) is 65.6 Å². The highest BCUT2D eigenvalue weighted by Crippen LogP contribution is 2.38. The smallest absolute Gasteiger partial charge is 0.274 e. The molecule has 1 saturated carbocycles. The molecule has 1 aliphatic carbocycles. The zero-order chi connectivity index (χ0) is 28.4. The van der Waals surface area contributed by atoms with E-state index in [1.165, 1.54) is 18.3 Å². The molecule has 212 valence electrons. The topological polar surface area (TPSA) is 120 Å². The van der Waals surface area contributed by atoms with Crippen molar-refractivity contribution in [3.63, 3.8) is 0 Å². The fourth-order valence-electron chi connectivity index (χ4n) is 5.53. The third-order valence-corrected chi connectivity index (χ3v) is 8.11. The Bertz CT molecular complexity index is 1350. The first-order chi connectivity index (χ1) is 19.2. The highest BCUT2D eigenvalue weighted by Gasteiger charge is 2.34. The van der Waals surface area contributed by atoms with E-state index < -0.39 is 23.6 Å². The Labute approximate surface area is 233 Å². The Morgan fingerprint density at radius 1 is 1.18 bits per heavy atom. The number of ether oxygens (including phenoxy) is 2. The van der Waals surface area contributed by atoms with Gasteiger partial charge in [0.15, 0.2) is 0 Å². The highest BCUT2D eigenvalue weighted by molar-refractivity contribution is 7.28. The van der Waals surface area contributed by atoms with Crippen LogP contribution in [0.4, 0.5) is 14.5 Å². The van der Waals surface area contributed by atoms with E-state index in [-0.39, 0.29) is 40.9 Å². The van der Waals surface area contributed by atoms with E-state index in [1.807, 2.05) is 13.0 Å². The van der Waals surface area contributed by atoms with Crippen LogP contribution < -0.4 is 21.1 Å². The number of carbonyl (C=O) groups is 1. The second kappa shape index (κ2) is 12.2. The van der Waals surface area contributed by atoms with Gasteiger partial charge in [0.05, 0.1) is 31.2 Å². The minimum atomic E-state index is -0.761. The molecule has 0 spiro atoms. The lowest BCUT2D eigenvalue weighted by Gasteiger charge is -2.36. The monoisotopic (exact) mass is 570 g/mol. The lowest BCUT2D eigenvalue weighted by molar-refractivity contribution is 0.0255. The molecule has 4 N–H and O–H groups in total. The van der Waals surface area contributed by atoms with Gasteiger partial charge in [0.25, 0.3) is 5.91 Å². The molecule has 3 heterocycles. The van der Waals surface area contributed by atoms with Crippen LogP contribution in [0.5, 0.6) is 5.75 Å². The predicted octanol–water partition coefficient (Wildman–Crippen LogP) is 3.93. The molecule has 2 aromatic heterocycles. The van der Waals surface area contributed by atoms with Crippen molar-refractivity contribution in [3.8, 4) is 17.0 Å². The summed E-state index contributed by atoms with van der Waals surface area (Å²) in [5.41, 5.74) is 7.06. The summed E-state index contributed by atoms with van der Waals surface area (Å²) >= 11 is 0. The SMILES string of the molecule is C[C@H]1C[C@@H](c2ccncc2NC(=O)c2ccc(F)c(-c3c(F)cc(OC4CCOCC4)cc3P)n2)C[C@@H](N)[C@H]1O. The molecule has 1 amide bonds. The number of aromatic nitrogens is 2. The van der Waals surface area contributed by atoms with Crippen LogP contribution in [0.15, 0.2) is 42.7 Å². The van der Waals surface area contributed by atoms with Gasteiger partial charge < -0.3 is 25.6 Å². The molecule has 5 atom stereocenters. The first-order valence-corrected chi connectivity index (χ1v) is 14.0. The maximum absolute atomic E-state index is 15.3. The Balaban J connectivity index is 1.38. The summed E-state index contributed by atoms with van der Waals surface area (Å²) in [6.07, 6.45) is 5.18. The Kier molecular flexibility index (Phi) is 8.71. The Morgan fingerprint density at radius 2 is 1.95 bits per heavy atom. The standard InChI is InChI=1S/C29H33F2N4O4P/c1-15-10-16(11-22(32)28(15)36)19-4-7-33-14-24(19)35-29(37)23-3-2-20(30)27(34-23)26-21(31)12-18(13-25(26)40)39-17-5-8-38-9-6-17/h2-4,7,12-17,22,28,36H,5-6,8-11,32,40H2,1H3,(H,35,37)/t15-,16+,22+,28-/m0/s1. The van der Waals surface area contributed by atoms with Crippen molar-refractivity contribution in [2.24, 2.45) is 11.7 Å². The summed E-state index contributed by atoms with van der Waals surface area (Å²) in [5.74, 6) is -1.72. The largest absolute Gasteiger partial charge is 0.490 e. The van der Waals surface area contributed by atoms with Crippen LogP contribution in [0, 0.1) is 17.6 Å². The van der Waals surface area contributed by atoms with E-state index in [0.717, 1.165) is 11.6 Å². The molecule has 11 heteroatoms. The van der Waals surface area contributed by atoms with Gasteiger partial charge in [0, 0.05) is 36.7 Å². The van der Waals surface area contributed by atoms with Crippen LogP contribution in [0.2, 0.25) is 0 Å². The number of pyridine rings is 2. The summed E-state index contributed by atoms with van der Waals surface area (Å²) in [6, 6.07) is 6.61. The molecule has 1 aliphatic heterocycles. The third kappa shape index (κ3) is 6.15. The number of amides is 1. The number of aliphatic hydroxyl groups is 1. The second-order valence-corrected chi connectivity index (χ2v) is 11.2. The maximum atomic E-state index is 15.3. The number of benzene rings is 1. The van der Waals surface area contributed by atoms with Crippen molar-refractivity contribution < 1.29 is 28.2 Å². The van der Waals surface area contributed by atoms with Crippen LogP contribution in [0.3, 0.4) is 0 Å². The number of anilines is 1. The maximum Gasteiger partial charge on any atom is 0.274 e. The number of carbonyl (C=O) groups excluding carboxylic acids is 1. The van der Waals surface area contributed by atoms with Gasteiger partial charge in [-0.05, 0) is 59.8 Å². The quantitative estimate of drug-likeness (QED) is 0.384. The molecule has 1 aromatic carbocycles. The molecular formula is C29H33F2N4O4P. The van der Waals surface area contributed by atoms with Gasteiger partial charge in [0.1, 0.15) is 34.9 Å². The van der Waals surface area contributed by atoms with Crippen LogP contribution in [-0.4, -0.2) is 52.4 Å². The number of nitrogens with one attached hydrogen (secondary N) is 1. The Morgan fingerprint density at radius 3 is 2.67 bits per heavy atom. The molecule has 40 heavy (non-hydrogen) atoms. The molecule has 0 bridgehead atoms. The zero-order valence-corrected chi connectivity index (χ0v) is 23.3. The van der Waals surface area contributed by atoms with Gasteiger partial charge in [-0.3, -0.25) is 9.78 Å². The van der Waals surface area contributed by atoms with Gasteiger partial charge in [-0.2, -0.15) is 0 Å². The lowest BCUT2D eigenvalue weighted by Crippen LogP contribution is -2.44. The van der Waals surface area contributed by atoms with Crippen LogP contribution in [-0.2, 0) is 4.74 Å². The molecule has 2 fully saturated rings. The normalized spacial score (nSPS) is 23.6. The van der Waals surface area contributed by atoms with Gasteiger partial charge in [0.2, 0.25) is 0 Å². The van der Waals surface area contributed by atoms with E-state index in [9.17, 15) is 14.3 Å². The molecule has 8 nitrogen and oxygen atoms in total. The summed E-state index contributed by atoms with van der Waals surface area (Å²) in [4.78, 5) is 21.6. The fourth-order valence-corrected chi connectivity index (χ4v) is 5.97. The zero-order valence-electron chi connectivity index (χ0n) is 22.1. The van der Waals surface area contributed by atoms with Crippen molar-refractivity contribution >= 4 is 26.1 Å². The number of aliphatic hydroxyl groups excluding tert-OH is 1. The highest BCUT2D eigenvalue weighted by atomic mass is 31.0. The first kappa shape index (κ1) is 28.5. The van der Waals surface area contributed by atoms with Gasteiger partial charge in [-0.15, -0.1) is 9.24 Å². The van der Waals surface area contributed by atoms with Gasteiger partial charge >= 0.3 is 0 Å². The van der Waals surface area contributed by atoms with Crippen molar-refractivity contribution in [1.82, 2.24) is 9.97 Å². The number of hydrogen-bond acceptors (Lipinski definition) is 7. The van der Waals surface area contributed by atoms with Crippen molar-refractivity contribution in [1.29, 1.82) is 0 Å². The van der Waals surface area contributed by atoms with Crippen LogP contribution in [0.1, 0.15) is 54.6 Å². The van der Waals surface area contributed by atoms with Crippen LogP contribution in [0.25, 0.3) is 11.3 Å². The molecule has 1 saturated heterocycles. The molecule has 1 unspecified atom stereocenters. The van der Waals surface area contributed by atoms with E-state index in [0.29, 0.717) is 55.6 Å². The number of halogens is 2. The minimum absolute atomic E-state index is 0.00346. The average Bonchev–Trinajstić information content (AvgIpc) is 2.93. The van der Waals surface area contributed by atoms with Gasteiger partial charge in [-0.25, -0.2) is 13.8 Å². The molecule has 5 rings (SSSR count). The number of nitrogens with two attached hydrogens (primary N) is 1. The van der Waals surface area contributed by atoms with E-state index in [2.05, 4.69) is 24.5 Å². The number of hydrogen-bond donors (Lipinski definition) is 3. The molecule has 3 aromatic rings. The minimum Gasteiger partial charge on any atom is -0.490 e. The van der Waals surface area contributed by atoms with E-state index in [4.69, 9.17) is 15.2 Å². The molecular weight excluding hydrogens is 537 g/mol. The summed E-state index contributed by atoms with van der Waals surface area (Å²) in [7, 11) is 2.40. The van der Waals surface area contributed by atoms with E-state index in [1.54, 1.807) is 12.3 Å². The number of rotatable bonds is 6. The average molecular weight is 571 g/mol. The van der Waals surface area contributed by atoms with Crippen LogP contribution >= 0.6 is 9.24 Å². The second-order valence-electron chi connectivity index (χ2n) is 10.5. The van der Waals surface area contributed by atoms with E-state index >= 15 is 4.39 Å². The Hall–Kier alpha value is -3.04. The summed E-state index contributed by atoms with van der Waals surface area (Å²) in [6.45, 7) is 3.11. The number of nitrogens with zero attached hydrogens (tertiary/aromatic N) is 2. The van der Waals surface area contributed by atoms with Gasteiger partial charge in [-0.1, -0.05) is 6.92 Å². The summed E-state index contributed by atoms with van der Waals surface area (Å²) < 4.78 is 41.5. The summed E-state index contributed by atoms with van der Waals surface area (Å²) in [5, 5.41) is 13.4.